The van der Waals surface area contributed by atoms with Crippen LogP contribution in [0.5, 0.6) is 0 Å². The van der Waals surface area contributed by atoms with Crippen molar-refractivity contribution in [3.05, 3.63) is 29.8 Å². The maximum Gasteiger partial charge on any atom is 0.233 e. The molecule has 0 saturated heterocycles. The maximum absolute atomic E-state index is 11.6. The van der Waals surface area contributed by atoms with Gasteiger partial charge >= 0.3 is 0 Å². The largest absolute Gasteiger partial charge is 0.353 e. The maximum atomic E-state index is 11.6. The summed E-state index contributed by atoms with van der Waals surface area (Å²) in [6, 6.07) is 7.66. The molecule has 1 rings (SSSR count). The SMILES string of the molecule is CCc1ccc(NC(=O)CC(=O)NC(C)C)cc1. The van der Waals surface area contributed by atoms with Gasteiger partial charge in [-0.05, 0) is 38.0 Å². The molecule has 0 aromatic heterocycles. The van der Waals surface area contributed by atoms with Crippen LogP contribution >= 0.6 is 0 Å². The number of rotatable bonds is 5. The van der Waals surface area contributed by atoms with Gasteiger partial charge in [0.1, 0.15) is 6.42 Å². The number of carbonyl (C=O) groups excluding carboxylic acids is 2. The minimum atomic E-state index is -0.294. The molecule has 2 N–H and O–H groups in total. The van der Waals surface area contributed by atoms with Crippen molar-refractivity contribution in [2.75, 3.05) is 5.32 Å². The van der Waals surface area contributed by atoms with Crippen LogP contribution in [0, 0.1) is 0 Å². The van der Waals surface area contributed by atoms with Crippen LogP contribution in [0.2, 0.25) is 0 Å². The van der Waals surface area contributed by atoms with Gasteiger partial charge in [0.05, 0.1) is 0 Å². The second-order valence-corrected chi connectivity index (χ2v) is 4.50. The molecule has 0 unspecified atom stereocenters. The quantitative estimate of drug-likeness (QED) is 0.784. The highest BCUT2D eigenvalue weighted by Crippen LogP contribution is 2.10. The van der Waals surface area contributed by atoms with Gasteiger partial charge in [0.25, 0.3) is 0 Å². The molecule has 1 aromatic rings. The molecule has 4 nitrogen and oxygen atoms in total. The molecule has 4 heteroatoms. The topological polar surface area (TPSA) is 58.2 Å². The first-order chi connectivity index (χ1) is 8.51. The lowest BCUT2D eigenvalue weighted by atomic mass is 10.1. The molecule has 0 aliphatic heterocycles. The zero-order chi connectivity index (χ0) is 13.5. The third kappa shape index (κ3) is 4.99. The third-order valence-corrected chi connectivity index (χ3v) is 2.42. The Morgan fingerprint density at radius 3 is 2.22 bits per heavy atom. The van der Waals surface area contributed by atoms with E-state index in [1.54, 1.807) is 0 Å². The number of nitrogens with one attached hydrogen (secondary N) is 2. The van der Waals surface area contributed by atoms with Crippen LogP contribution in [0.4, 0.5) is 5.69 Å². The summed E-state index contributed by atoms with van der Waals surface area (Å²) in [7, 11) is 0. The van der Waals surface area contributed by atoms with Crippen molar-refractivity contribution in [1.29, 1.82) is 0 Å². The minimum Gasteiger partial charge on any atom is -0.353 e. The van der Waals surface area contributed by atoms with E-state index >= 15 is 0 Å². The van der Waals surface area contributed by atoms with Gasteiger partial charge in [-0.2, -0.15) is 0 Å². The highest BCUT2D eigenvalue weighted by molar-refractivity contribution is 6.03. The van der Waals surface area contributed by atoms with E-state index in [2.05, 4.69) is 17.6 Å². The first kappa shape index (κ1) is 14.2. The van der Waals surface area contributed by atoms with E-state index in [1.807, 2.05) is 38.1 Å². The van der Waals surface area contributed by atoms with Crippen LogP contribution in [0.1, 0.15) is 32.8 Å². The molecule has 2 amide bonds. The summed E-state index contributed by atoms with van der Waals surface area (Å²) in [4.78, 5) is 23.0. The summed E-state index contributed by atoms with van der Waals surface area (Å²) in [6.07, 6.45) is 0.818. The van der Waals surface area contributed by atoms with Gasteiger partial charge in [-0.15, -0.1) is 0 Å². The van der Waals surface area contributed by atoms with E-state index in [0.717, 1.165) is 12.1 Å². The monoisotopic (exact) mass is 248 g/mol. The van der Waals surface area contributed by atoms with Gasteiger partial charge in [-0.1, -0.05) is 19.1 Å². The fraction of sp³-hybridized carbons (Fsp3) is 0.429. The Balaban J connectivity index is 2.46. The summed E-state index contributed by atoms with van der Waals surface area (Å²) < 4.78 is 0. The number of benzene rings is 1. The summed E-state index contributed by atoms with van der Waals surface area (Å²) in [5.74, 6) is -0.551. The van der Waals surface area contributed by atoms with Crippen molar-refractivity contribution in [2.24, 2.45) is 0 Å². The standard InChI is InChI=1S/C14H20N2O2/c1-4-11-5-7-12(8-6-11)16-14(18)9-13(17)15-10(2)3/h5-8,10H,4,9H2,1-3H3,(H,15,17)(H,16,18). The lowest BCUT2D eigenvalue weighted by Gasteiger charge is -2.09. The highest BCUT2D eigenvalue weighted by atomic mass is 16.2. The van der Waals surface area contributed by atoms with Crippen molar-refractivity contribution in [3.63, 3.8) is 0 Å². The van der Waals surface area contributed by atoms with Crippen LogP contribution in [0.15, 0.2) is 24.3 Å². The zero-order valence-corrected chi connectivity index (χ0v) is 11.1. The average Bonchev–Trinajstić information content (AvgIpc) is 2.28. The molecule has 0 atom stereocenters. The van der Waals surface area contributed by atoms with Crippen molar-refractivity contribution in [3.8, 4) is 0 Å². The van der Waals surface area contributed by atoms with E-state index in [0.29, 0.717) is 0 Å². The van der Waals surface area contributed by atoms with Gasteiger partial charge in [0.15, 0.2) is 0 Å². The van der Waals surface area contributed by atoms with E-state index in [-0.39, 0.29) is 24.3 Å². The Kier molecular flexibility index (Phi) is 5.36. The Hall–Kier alpha value is -1.84. The first-order valence-corrected chi connectivity index (χ1v) is 6.19. The van der Waals surface area contributed by atoms with Crippen molar-refractivity contribution >= 4 is 17.5 Å². The van der Waals surface area contributed by atoms with Gasteiger partial charge < -0.3 is 10.6 Å². The van der Waals surface area contributed by atoms with E-state index in [4.69, 9.17) is 0 Å². The number of hydrogen-bond donors (Lipinski definition) is 2. The summed E-state index contributed by atoms with van der Waals surface area (Å²) >= 11 is 0. The predicted octanol–water partition coefficient (Wildman–Crippen LogP) is 2.10. The Morgan fingerprint density at radius 2 is 1.72 bits per heavy atom. The Morgan fingerprint density at radius 1 is 1.11 bits per heavy atom. The van der Waals surface area contributed by atoms with E-state index < -0.39 is 0 Å². The summed E-state index contributed by atoms with van der Waals surface area (Å²) in [5, 5.41) is 5.38. The van der Waals surface area contributed by atoms with Gasteiger partial charge in [-0.25, -0.2) is 0 Å². The van der Waals surface area contributed by atoms with Gasteiger partial charge in [0, 0.05) is 11.7 Å². The zero-order valence-electron chi connectivity index (χ0n) is 11.1. The van der Waals surface area contributed by atoms with Crippen LogP contribution in [-0.2, 0) is 16.0 Å². The average molecular weight is 248 g/mol. The second kappa shape index (κ2) is 6.79. The van der Waals surface area contributed by atoms with E-state index in [9.17, 15) is 9.59 Å². The summed E-state index contributed by atoms with van der Waals surface area (Å²) in [5.41, 5.74) is 1.93. The van der Waals surface area contributed by atoms with Crippen LogP contribution in [0.25, 0.3) is 0 Å². The fourth-order valence-electron chi connectivity index (χ4n) is 1.55. The van der Waals surface area contributed by atoms with Crippen molar-refractivity contribution < 1.29 is 9.59 Å². The van der Waals surface area contributed by atoms with Gasteiger partial charge in [-0.3, -0.25) is 9.59 Å². The molecule has 0 aliphatic carbocycles. The number of aryl methyl sites for hydroxylation is 1. The van der Waals surface area contributed by atoms with Crippen LogP contribution in [-0.4, -0.2) is 17.9 Å². The van der Waals surface area contributed by atoms with Crippen molar-refractivity contribution in [2.45, 2.75) is 39.7 Å². The molecule has 0 bridgehead atoms. The van der Waals surface area contributed by atoms with Crippen molar-refractivity contribution in [1.82, 2.24) is 5.32 Å². The first-order valence-electron chi connectivity index (χ1n) is 6.19. The Labute approximate surface area is 108 Å². The Bertz CT molecular complexity index is 410. The molecule has 18 heavy (non-hydrogen) atoms. The fourth-order valence-corrected chi connectivity index (χ4v) is 1.55. The third-order valence-electron chi connectivity index (χ3n) is 2.42. The second-order valence-electron chi connectivity index (χ2n) is 4.50. The van der Waals surface area contributed by atoms with Crippen LogP contribution < -0.4 is 10.6 Å². The lowest BCUT2D eigenvalue weighted by molar-refractivity contribution is -0.127. The summed E-state index contributed by atoms with van der Waals surface area (Å²) in [6.45, 7) is 5.79. The predicted molar refractivity (Wildman–Crippen MR) is 72.3 cm³/mol. The van der Waals surface area contributed by atoms with Crippen LogP contribution in [0.3, 0.4) is 0 Å². The molecule has 0 saturated carbocycles. The molecule has 0 spiro atoms. The lowest BCUT2D eigenvalue weighted by Crippen LogP contribution is -2.33. The molecule has 0 radical (unpaired) electrons. The molecular weight excluding hydrogens is 228 g/mol. The molecule has 0 aliphatic rings. The van der Waals surface area contributed by atoms with E-state index in [1.165, 1.54) is 5.56 Å². The smallest absolute Gasteiger partial charge is 0.233 e. The highest BCUT2D eigenvalue weighted by Gasteiger charge is 2.10. The molecule has 0 fully saturated rings. The number of hydrogen-bond acceptors (Lipinski definition) is 2. The molecule has 0 heterocycles. The van der Waals surface area contributed by atoms with Gasteiger partial charge in [0.2, 0.25) is 11.8 Å². The molecular formula is C14H20N2O2. The number of amides is 2. The number of anilines is 1. The number of carbonyl (C=O) groups is 2. The normalized spacial score (nSPS) is 10.2. The minimum absolute atomic E-state index is 0.0501. The molecule has 1 aromatic carbocycles. The molecule has 98 valence electrons.